The van der Waals surface area contributed by atoms with E-state index in [1.54, 1.807) is 37.1 Å². The van der Waals surface area contributed by atoms with Crippen LogP contribution in [0.2, 0.25) is 0 Å². The molecular formula is C16H18N4O3. The second-order valence-corrected chi connectivity index (χ2v) is 5.43. The first-order valence-corrected chi connectivity index (χ1v) is 7.28. The molecule has 1 N–H and O–H groups in total. The molecule has 0 aromatic carbocycles. The van der Waals surface area contributed by atoms with Crippen LogP contribution in [0.25, 0.3) is 16.7 Å². The lowest BCUT2D eigenvalue weighted by molar-refractivity contribution is 0.0929. The lowest BCUT2D eigenvalue weighted by Gasteiger charge is -2.06. The van der Waals surface area contributed by atoms with Gasteiger partial charge >= 0.3 is 0 Å². The Kier molecular flexibility index (Phi) is 3.87. The second-order valence-electron chi connectivity index (χ2n) is 5.43. The molecule has 0 spiro atoms. The molecule has 0 aliphatic carbocycles. The van der Waals surface area contributed by atoms with E-state index in [9.17, 15) is 9.59 Å². The van der Waals surface area contributed by atoms with Crippen molar-refractivity contribution in [3.63, 3.8) is 0 Å². The summed E-state index contributed by atoms with van der Waals surface area (Å²) in [6, 6.07) is 5.28. The smallest absolute Gasteiger partial charge is 0.268 e. The summed E-state index contributed by atoms with van der Waals surface area (Å²) >= 11 is 0. The van der Waals surface area contributed by atoms with Crippen LogP contribution < -0.4 is 10.9 Å². The fraction of sp³-hybridized carbons (Fsp3) is 0.312. The Morgan fingerprint density at radius 2 is 2.17 bits per heavy atom. The molecule has 0 atom stereocenters. The molecule has 3 heterocycles. The van der Waals surface area contributed by atoms with Crippen LogP contribution in [0.4, 0.5) is 0 Å². The van der Waals surface area contributed by atoms with Crippen LogP contribution >= 0.6 is 0 Å². The Hall–Kier alpha value is -2.67. The minimum Gasteiger partial charge on any atom is -0.383 e. The van der Waals surface area contributed by atoms with Crippen molar-refractivity contribution >= 4 is 22.6 Å². The maximum Gasteiger partial charge on any atom is 0.268 e. The average molecular weight is 314 g/mol. The molecule has 0 aliphatic heterocycles. The molecule has 0 aliphatic rings. The third-order valence-corrected chi connectivity index (χ3v) is 3.77. The van der Waals surface area contributed by atoms with E-state index in [1.165, 1.54) is 4.40 Å². The molecule has 0 radical (unpaired) electrons. The molecule has 3 aromatic heterocycles. The van der Waals surface area contributed by atoms with Gasteiger partial charge in [-0.1, -0.05) is 6.07 Å². The van der Waals surface area contributed by atoms with E-state index >= 15 is 0 Å². The SMILES string of the molecule is COCCNC(=O)c1cc2c(=O)n3cc(C)ccc3nc2n1C. The zero-order chi connectivity index (χ0) is 16.6. The van der Waals surface area contributed by atoms with Gasteiger partial charge in [0.1, 0.15) is 17.0 Å². The van der Waals surface area contributed by atoms with Crippen LogP contribution in [-0.4, -0.2) is 40.1 Å². The van der Waals surface area contributed by atoms with Gasteiger partial charge in [0.2, 0.25) is 0 Å². The summed E-state index contributed by atoms with van der Waals surface area (Å²) in [6.45, 7) is 2.75. The van der Waals surface area contributed by atoms with Crippen LogP contribution in [-0.2, 0) is 11.8 Å². The molecule has 7 heteroatoms. The quantitative estimate of drug-likeness (QED) is 0.725. The third kappa shape index (κ3) is 2.59. The predicted octanol–water partition coefficient (Wildman–Crippen LogP) is 0.871. The van der Waals surface area contributed by atoms with Gasteiger partial charge in [-0.25, -0.2) is 4.98 Å². The van der Waals surface area contributed by atoms with Crippen molar-refractivity contribution < 1.29 is 9.53 Å². The molecule has 0 saturated carbocycles. The highest BCUT2D eigenvalue weighted by Crippen LogP contribution is 2.15. The lowest BCUT2D eigenvalue weighted by Crippen LogP contribution is -2.28. The summed E-state index contributed by atoms with van der Waals surface area (Å²) in [7, 11) is 3.30. The number of amides is 1. The van der Waals surface area contributed by atoms with Gasteiger partial charge in [-0.15, -0.1) is 0 Å². The minimum absolute atomic E-state index is 0.180. The van der Waals surface area contributed by atoms with Crippen LogP contribution in [0.1, 0.15) is 16.1 Å². The number of aryl methyl sites for hydroxylation is 2. The van der Waals surface area contributed by atoms with Crippen LogP contribution in [0, 0.1) is 6.92 Å². The van der Waals surface area contributed by atoms with Gasteiger partial charge in [0.05, 0.1) is 12.0 Å². The first-order chi connectivity index (χ1) is 11.0. The minimum atomic E-state index is -0.257. The Morgan fingerprint density at radius 3 is 2.91 bits per heavy atom. The van der Waals surface area contributed by atoms with Gasteiger partial charge < -0.3 is 14.6 Å². The van der Waals surface area contributed by atoms with Gasteiger partial charge in [0.25, 0.3) is 11.5 Å². The topological polar surface area (TPSA) is 77.6 Å². The van der Waals surface area contributed by atoms with E-state index in [4.69, 9.17) is 4.74 Å². The number of hydrogen-bond donors (Lipinski definition) is 1. The molecule has 1 amide bonds. The van der Waals surface area contributed by atoms with Crippen molar-refractivity contribution in [3.8, 4) is 0 Å². The summed E-state index contributed by atoms with van der Waals surface area (Å²) < 4.78 is 8.05. The van der Waals surface area contributed by atoms with E-state index in [0.717, 1.165) is 5.56 Å². The van der Waals surface area contributed by atoms with Crippen molar-refractivity contribution in [2.45, 2.75) is 6.92 Å². The maximum atomic E-state index is 12.6. The van der Waals surface area contributed by atoms with Crippen molar-refractivity contribution in [3.05, 3.63) is 46.0 Å². The monoisotopic (exact) mass is 314 g/mol. The normalized spacial score (nSPS) is 11.3. The highest BCUT2D eigenvalue weighted by molar-refractivity contribution is 5.98. The molecule has 0 fully saturated rings. The summed E-state index contributed by atoms with van der Waals surface area (Å²) in [6.07, 6.45) is 1.75. The van der Waals surface area contributed by atoms with Gasteiger partial charge in [0.15, 0.2) is 0 Å². The predicted molar refractivity (Wildman–Crippen MR) is 86.9 cm³/mol. The number of carbonyl (C=O) groups excluding carboxylic acids is 1. The molecule has 0 saturated heterocycles. The number of pyridine rings is 1. The average Bonchev–Trinajstić information content (AvgIpc) is 2.86. The zero-order valence-electron chi connectivity index (χ0n) is 13.3. The second kappa shape index (κ2) is 5.85. The van der Waals surface area contributed by atoms with Crippen molar-refractivity contribution in [1.29, 1.82) is 0 Å². The molecule has 0 bridgehead atoms. The molecule has 120 valence electrons. The van der Waals surface area contributed by atoms with Gasteiger partial charge in [-0.3, -0.25) is 14.0 Å². The van der Waals surface area contributed by atoms with E-state index in [2.05, 4.69) is 10.3 Å². The Balaban J connectivity index is 2.14. The zero-order valence-corrected chi connectivity index (χ0v) is 13.3. The number of fused-ring (bicyclic) bond motifs is 2. The number of hydrogen-bond acceptors (Lipinski definition) is 4. The summed E-state index contributed by atoms with van der Waals surface area (Å²) in [5.74, 6) is -0.257. The Morgan fingerprint density at radius 1 is 1.39 bits per heavy atom. The molecule has 3 rings (SSSR count). The fourth-order valence-corrected chi connectivity index (χ4v) is 2.55. The van der Waals surface area contributed by atoms with E-state index in [-0.39, 0.29) is 11.5 Å². The standard InChI is InChI=1S/C16H18N4O3/c1-10-4-5-13-18-14-11(16(22)20(13)9-10)8-12(19(14)2)15(21)17-6-7-23-3/h4-5,8-9H,6-7H2,1-3H3,(H,17,21). The number of carbonyl (C=O) groups is 1. The number of ether oxygens (including phenoxy) is 1. The van der Waals surface area contributed by atoms with Crippen LogP contribution in [0.15, 0.2) is 29.2 Å². The largest absolute Gasteiger partial charge is 0.383 e. The number of nitrogens with zero attached hydrogens (tertiary/aromatic N) is 3. The van der Waals surface area contributed by atoms with Gasteiger partial charge in [-0.2, -0.15) is 0 Å². The van der Waals surface area contributed by atoms with Crippen molar-refractivity contribution in [2.24, 2.45) is 7.05 Å². The number of aromatic nitrogens is 3. The van der Waals surface area contributed by atoms with E-state index in [0.29, 0.717) is 35.5 Å². The molecule has 7 nitrogen and oxygen atoms in total. The maximum absolute atomic E-state index is 12.6. The van der Waals surface area contributed by atoms with Crippen LogP contribution in [0.3, 0.4) is 0 Å². The summed E-state index contributed by atoms with van der Waals surface area (Å²) in [5, 5.41) is 3.17. The highest BCUT2D eigenvalue weighted by Gasteiger charge is 2.17. The summed E-state index contributed by atoms with van der Waals surface area (Å²) in [5.41, 5.74) is 2.24. The molecule has 0 unspecified atom stereocenters. The molecular weight excluding hydrogens is 296 g/mol. The highest BCUT2D eigenvalue weighted by atomic mass is 16.5. The van der Waals surface area contributed by atoms with Crippen molar-refractivity contribution in [1.82, 2.24) is 19.3 Å². The van der Waals surface area contributed by atoms with E-state index < -0.39 is 0 Å². The fourth-order valence-electron chi connectivity index (χ4n) is 2.55. The van der Waals surface area contributed by atoms with Crippen LogP contribution in [0.5, 0.6) is 0 Å². The number of methoxy groups -OCH3 is 1. The molecule has 23 heavy (non-hydrogen) atoms. The van der Waals surface area contributed by atoms with Gasteiger partial charge in [0, 0.05) is 26.9 Å². The lowest BCUT2D eigenvalue weighted by atomic mass is 10.3. The third-order valence-electron chi connectivity index (χ3n) is 3.77. The van der Waals surface area contributed by atoms with Crippen molar-refractivity contribution in [2.75, 3.05) is 20.3 Å². The first kappa shape index (κ1) is 15.2. The van der Waals surface area contributed by atoms with Gasteiger partial charge in [-0.05, 0) is 24.6 Å². The first-order valence-electron chi connectivity index (χ1n) is 7.28. The number of nitrogens with one attached hydrogen (secondary N) is 1. The summed E-state index contributed by atoms with van der Waals surface area (Å²) in [4.78, 5) is 29.4. The molecule has 3 aromatic rings. The van der Waals surface area contributed by atoms with E-state index in [1.807, 2.05) is 13.0 Å². The Bertz CT molecular complexity index is 955. The Labute approximate surface area is 132 Å². The number of rotatable bonds is 4.